The number of carbonyl (C=O) groups is 1. The molecule has 75 heavy (non-hydrogen) atoms. The highest BCUT2D eigenvalue weighted by Gasteiger charge is 2.27. The maximum Gasteiger partial charge on any atom is 0.472 e. The fourth-order valence-corrected chi connectivity index (χ4v) is 9.98. The number of quaternary nitrogens is 1. The van der Waals surface area contributed by atoms with Gasteiger partial charge in [0, 0.05) is 6.42 Å². The van der Waals surface area contributed by atoms with Crippen LogP contribution < -0.4 is 5.32 Å². The topological polar surface area (TPSA) is 105 Å². The molecule has 0 aromatic heterocycles. The van der Waals surface area contributed by atoms with Gasteiger partial charge in [-0.1, -0.05) is 292 Å². The van der Waals surface area contributed by atoms with Crippen molar-refractivity contribution in [1.29, 1.82) is 0 Å². The van der Waals surface area contributed by atoms with E-state index in [2.05, 4.69) is 79.9 Å². The van der Waals surface area contributed by atoms with Crippen molar-refractivity contribution in [3.05, 3.63) is 72.9 Å². The number of phosphoric acid groups is 1. The molecule has 0 rings (SSSR count). The van der Waals surface area contributed by atoms with E-state index in [4.69, 9.17) is 9.05 Å². The average Bonchev–Trinajstić information content (AvgIpc) is 3.37. The van der Waals surface area contributed by atoms with Crippen molar-refractivity contribution in [2.75, 3.05) is 40.9 Å². The van der Waals surface area contributed by atoms with Crippen LogP contribution >= 0.6 is 7.82 Å². The number of allylic oxidation sites excluding steroid dienone is 11. The molecule has 0 heterocycles. The lowest BCUT2D eigenvalue weighted by molar-refractivity contribution is -0.870. The van der Waals surface area contributed by atoms with Gasteiger partial charge in [-0.05, 0) is 64.2 Å². The van der Waals surface area contributed by atoms with Gasteiger partial charge in [-0.2, -0.15) is 0 Å². The Hall–Kier alpha value is -2.06. The molecule has 1 amide bonds. The second-order valence-electron chi connectivity index (χ2n) is 22.8. The Morgan fingerprint density at radius 2 is 0.800 bits per heavy atom. The highest BCUT2D eigenvalue weighted by atomic mass is 31.2. The number of hydrogen-bond acceptors (Lipinski definition) is 5. The maximum atomic E-state index is 13.0. The van der Waals surface area contributed by atoms with Crippen LogP contribution in [0.5, 0.6) is 0 Å². The zero-order valence-electron chi connectivity index (χ0n) is 50.0. The SMILES string of the molecule is CC/C=C\C/C=C\C/C=C\C/C=C\C/C=C\CCCCCCCCCCCCCCCCCCCCCC(=O)NC(COP(=O)(O)OCC[N+](C)(C)C)C(O)/C=C/CCCCCCCCCCCCCCCCCC. The standard InChI is InChI=1S/C66H123N2O6P/c1-6-8-10-12-14-16-18-20-22-24-26-27-28-29-30-31-32-33-34-35-36-37-38-39-40-41-42-44-46-48-50-52-54-56-58-60-66(70)67-64(63-74-75(71,72)73-62-61-68(3,4)5)65(69)59-57-55-53-51-49-47-45-43-25-23-21-19-17-15-13-11-9-7-2/h8,10,14,16,20,22,26-27,29-30,57,59,64-65,69H,6-7,9,11-13,15,17-19,21,23-25,28,31-56,58,60-63H2,1-5H3,(H-,67,70,71,72)/p+1/b10-8-,16-14-,22-20-,27-26-,30-29-,59-57+. The van der Waals surface area contributed by atoms with Crippen LogP contribution in [-0.2, 0) is 18.4 Å². The van der Waals surface area contributed by atoms with Gasteiger partial charge in [-0.3, -0.25) is 13.8 Å². The van der Waals surface area contributed by atoms with E-state index in [1.807, 2.05) is 27.2 Å². The lowest BCUT2D eigenvalue weighted by Crippen LogP contribution is -2.45. The molecule has 0 saturated heterocycles. The van der Waals surface area contributed by atoms with Gasteiger partial charge in [0.1, 0.15) is 13.2 Å². The number of phosphoric ester groups is 1. The predicted octanol–water partition coefficient (Wildman–Crippen LogP) is 19.8. The fraction of sp³-hybridized carbons (Fsp3) is 0.803. The lowest BCUT2D eigenvalue weighted by Gasteiger charge is -2.25. The third-order valence-electron chi connectivity index (χ3n) is 14.2. The molecule has 3 unspecified atom stereocenters. The molecule has 3 N–H and O–H groups in total. The molecular weight excluding hydrogens is 948 g/mol. The van der Waals surface area contributed by atoms with Crippen LogP contribution in [0.1, 0.15) is 290 Å². The van der Waals surface area contributed by atoms with Crippen LogP contribution in [0.15, 0.2) is 72.9 Å². The predicted molar refractivity (Wildman–Crippen MR) is 327 cm³/mol. The summed E-state index contributed by atoms with van der Waals surface area (Å²) in [5, 5.41) is 14.0. The van der Waals surface area contributed by atoms with E-state index in [9.17, 15) is 19.4 Å². The first-order valence-electron chi connectivity index (χ1n) is 31.8. The van der Waals surface area contributed by atoms with Crippen molar-refractivity contribution in [1.82, 2.24) is 5.32 Å². The summed E-state index contributed by atoms with van der Waals surface area (Å²) in [5.41, 5.74) is 0. The van der Waals surface area contributed by atoms with Crippen molar-refractivity contribution in [3.8, 4) is 0 Å². The monoisotopic (exact) mass is 1070 g/mol. The van der Waals surface area contributed by atoms with E-state index in [-0.39, 0.29) is 19.1 Å². The molecule has 0 aliphatic rings. The normalized spacial score (nSPS) is 14.3. The highest BCUT2D eigenvalue weighted by molar-refractivity contribution is 7.47. The molecule has 0 aromatic carbocycles. The van der Waals surface area contributed by atoms with Gasteiger partial charge in [0.25, 0.3) is 0 Å². The molecule has 438 valence electrons. The van der Waals surface area contributed by atoms with Crippen LogP contribution in [0.4, 0.5) is 0 Å². The Labute approximate surface area is 465 Å². The first kappa shape index (κ1) is 72.9. The molecule has 0 spiro atoms. The number of nitrogens with one attached hydrogen (secondary N) is 1. The van der Waals surface area contributed by atoms with Crippen molar-refractivity contribution in [2.45, 2.75) is 302 Å². The first-order chi connectivity index (χ1) is 36.5. The molecule has 0 bridgehead atoms. The van der Waals surface area contributed by atoms with Gasteiger partial charge in [-0.25, -0.2) is 4.57 Å². The molecule has 0 fully saturated rings. The van der Waals surface area contributed by atoms with Crippen molar-refractivity contribution in [3.63, 3.8) is 0 Å². The molecular formula is C66H124N2O6P+. The minimum absolute atomic E-state index is 0.0614. The largest absolute Gasteiger partial charge is 0.472 e. The van der Waals surface area contributed by atoms with Crippen LogP contribution in [0.3, 0.4) is 0 Å². The first-order valence-corrected chi connectivity index (χ1v) is 33.3. The maximum absolute atomic E-state index is 13.0. The third kappa shape index (κ3) is 59.4. The van der Waals surface area contributed by atoms with Crippen LogP contribution in [0, 0.1) is 0 Å². The van der Waals surface area contributed by atoms with E-state index in [0.29, 0.717) is 17.4 Å². The third-order valence-corrected chi connectivity index (χ3v) is 15.2. The summed E-state index contributed by atoms with van der Waals surface area (Å²) >= 11 is 0. The lowest BCUT2D eigenvalue weighted by atomic mass is 10.0. The summed E-state index contributed by atoms with van der Waals surface area (Å²) in [7, 11) is 1.58. The Balaban J connectivity index is 4.04. The van der Waals surface area contributed by atoms with E-state index in [0.717, 1.165) is 70.6 Å². The van der Waals surface area contributed by atoms with Gasteiger partial charge >= 0.3 is 7.82 Å². The zero-order chi connectivity index (χ0) is 54.9. The number of aliphatic hydroxyl groups excluding tert-OH is 1. The minimum atomic E-state index is -4.35. The number of nitrogens with zero attached hydrogens (tertiary/aromatic N) is 1. The van der Waals surface area contributed by atoms with Crippen LogP contribution in [0.2, 0.25) is 0 Å². The van der Waals surface area contributed by atoms with Gasteiger partial charge in [0.15, 0.2) is 0 Å². The summed E-state index contributed by atoms with van der Waals surface area (Å²) in [6, 6.07) is -0.848. The Bertz CT molecular complexity index is 1450. The zero-order valence-corrected chi connectivity index (χ0v) is 50.9. The van der Waals surface area contributed by atoms with E-state index in [1.54, 1.807) is 6.08 Å². The van der Waals surface area contributed by atoms with Gasteiger partial charge in [0.05, 0.1) is 39.9 Å². The van der Waals surface area contributed by atoms with Gasteiger partial charge in [0.2, 0.25) is 5.91 Å². The minimum Gasteiger partial charge on any atom is -0.387 e. The number of hydrogen-bond donors (Lipinski definition) is 3. The van der Waals surface area contributed by atoms with Crippen molar-refractivity contribution >= 4 is 13.7 Å². The summed E-state index contributed by atoms with van der Waals surface area (Å²) in [5.74, 6) is -0.174. The molecule has 9 heteroatoms. The van der Waals surface area contributed by atoms with Crippen molar-refractivity contribution in [2.24, 2.45) is 0 Å². The average molecular weight is 1070 g/mol. The number of likely N-dealkylation sites (N-methyl/N-ethyl adjacent to an activating group) is 1. The molecule has 0 aliphatic heterocycles. The quantitative estimate of drug-likeness (QED) is 0.0243. The number of rotatable bonds is 58. The fourth-order valence-electron chi connectivity index (χ4n) is 9.25. The summed E-state index contributed by atoms with van der Waals surface area (Å²) in [6.45, 7) is 4.73. The molecule has 0 saturated carbocycles. The molecule has 0 radical (unpaired) electrons. The number of unbranched alkanes of at least 4 members (excludes halogenated alkanes) is 35. The molecule has 0 aliphatic carbocycles. The second-order valence-corrected chi connectivity index (χ2v) is 24.2. The molecule has 3 atom stereocenters. The van der Waals surface area contributed by atoms with Crippen LogP contribution in [-0.4, -0.2) is 73.4 Å². The number of amides is 1. The van der Waals surface area contributed by atoms with Crippen molar-refractivity contribution < 1.29 is 32.9 Å². The van der Waals surface area contributed by atoms with Gasteiger partial charge in [-0.15, -0.1) is 0 Å². The van der Waals surface area contributed by atoms with E-state index in [1.165, 1.54) is 199 Å². The van der Waals surface area contributed by atoms with E-state index >= 15 is 0 Å². The van der Waals surface area contributed by atoms with Gasteiger partial charge < -0.3 is 19.8 Å². The summed E-state index contributed by atoms with van der Waals surface area (Å²) in [6.07, 6.45) is 78.8. The Kier molecular flexibility index (Phi) is 55.1. The summed E-state index contributed by atoms with van der Waals surface area (Å²) < 4.78 is 23.8. The van der Waals surface area contributed by atoms with E-state index < -0.39 is 20.0 Å². The second kappa shape index (κ2) is 56.7. The Morgan fingerprint density at radius 1 is 0.467 bits per heavy atom. The summed E-state index contributed by atoms with van der Waals surface area (Å²) in [4.78, 5) is 23.3. The Morgan fingerprint density at radius 3 is 1.17 bits per heavy atom. The molecule has 0 aromatic rings. The molecule has 8 nitrogen and oxygen atoms in total. The van der Waals surface area contributed by atoms with Crippen LogP contribution in [0.25, 0.3) is 0 Å². The smallest absolute Gasteiger partial charge is 0.387 e. The highest BCUT2D eigenvalue weighted by Crippen LogP contribution is 2.43. The number of carbonyl (C=O) groups excluding carboxylic acids is 1. The number of aliphatic hydroxyl groups is 1.